The molecule has 0 aliphatic heterocycles. The molecule has 0 N–H and O–H groups in total. The van der Waals surface area contributed by atoms with Crippen molar-refractivity contribution >= 4 is 0 Å². The molecule has 0 bridgehead atoms. The van der Waals surface area contributed by atoms with E-state index in [-0.39, 0.29) is 22.8 Å². The van der Waals surface area contributed by atoms with Gasteiger partial charge >= 0.3 is 13.0 Å². The highest BCUT2D eigenvalue weighted by atomic mass is 19.4. The first-order chi connectivity index (χ1) is 15.7. The lowest BCUT2D eigenvalue weighted by molar-refractivity contribution is -0.274. The standard InChI is InChI=1S/C21H13F5N4O3/c22-20(23)32-15-5-1-3-13(11-15)29-10-8-18(31)19(28-29)17-7-9-27-30(17)14-4-2-6-16(12-14)33-21(24,25)26/h1-12,20H. The maximum absolute atomic E-state index is 12.6. The van der Waals surface area contributed by atoms with E-state index in [9.17, 15) is 26.7 Å². The fraction of sp³-hybridized carbons (Fsp3) is 0.0952. The zero-order valence-electron chi connectivity index (χ0n) is 16.4. The Balaban J connectivity index is 1.74. The van der Waals surface area contributed by atoms with Gasteiger partial charge in [-0.2, -0.15) is 19.0 Å². The highest BCUT2D eigenvalue weighted by Gasteiger charge is 2.31. The van der Waals surface area contributed by atoms with Gasteiger partial charge in [0.2, 0.25) is 5.43 Å². The summed E-state index contributed by atoms with van der Waals surface area (Å²) in [5.74, 6) is -0.563. The summed E-state index contributed by atoms with van der Waals surface area (Å²) in [5, 5.41) is 8.34. The molecule has 0 unspecified atom stereocenters. The first-order valence-electron chi connectivity index (χ1n) is 9.25. The average Bonchev–Trinajstić information content (AvgIpc) is 3.22. The number of hydrogen-bond acceptors (Lipinski definition) is 5. The average molecular weight is 464 g/mol. The second-order valence-corrected chi connectivity index (χ2v) is 6.52. The lowest BCUT2D eigenvalue weighted by Gasteiger charge is -2.12. The highest BCUT2D eigenvalue weighted by molar-refractivity contribution is 5.58. The summed E-state index contributed by atoms with van der Waals surface area (Å²) in [5.41, 5.74) is 0.160. The van der Waals surface area contributed by atoms with Crippen molar-refractivity contribution in [3.8, 4) is 34.3 Å². The number of ether oxygens (including phenoxy) is 2. The second kappa shape index (κ2) is 8.73. The van der Waals surface area contributed by atoms with Crippen LogP contribution < -0.4 is 14.9 Å². The Bertz CT molecular complexity index is 1330. The summed E-state index contributed by atoms with van der Waals surface area (Å²) in [4.78, 5) is 12.5. The molecule has 0 saturated carbocycles. The fourth-order valence-electron chi connectivity index (χ4n) is 3.03. The molecule has 0 fully saturated rings. The second-order valence-electron chi connectivity index (χ2n) is 6.52. The molecule has 2 heterocycles. The molecule has 2 aromatic heterocycles. The van der Waals surface area contributed by atoms with Crippen LogP contribution in [0.3, 0.4) is 0 Å². The Morgan fingerprint density at radius 1 is 0.909 bits per heavy atom. The summed E-state index contributed by atoms with van der Waals surface area (Å²) in [6, 6.07) is 13.4. The molecule has 0 aliphatic carbocycles. The fourth-order valence-corrected chi connectivity index (χ4v) is 3.03. The minimum absolute atomic E-state index is 0.0719. The number of alkyl halides is 5. The van der Waals surface area contributed by atoms with Crippen molar-refractivity contribution in [2.24, 2.45) is 0 Å². The predicted molar refractivity (Wildman–Crippen MR) is 106 cm³/mol. The van der Waals surface area contributed by atoms with E-state index in [1.165, 1.54) is 64.2 Å². The highest BCUT2D eigenvalue weighted by Crippen LogP contribution is 2.26. The normalized spacial score (nSPS) is 11.6. The topological polar surface area (TPSA) is 71.2 Å². The van der Waals surface area contributed by atoms with Crippen molar-refractivity contribution in [2.45, 2.75) is 13.0 Å². The number of aromatic nitrogens is 4. The van der Waals surface area contributed by atoms with Gasteiger partial charge in [0.15, 0.2) is 5.69 Å². The number of rotatable bonds is 6. The lowest BCUT2D eigenvalue weighted by atomic mass is 10.2. The van der Waals surface area contributed by atoms with Crippen LogP contribution in [-0.2, 0) is 0 Å². The van der Waals surface area contributed by atoms with Crippen molar-refractivity contribution in [2.75, 3.05) is 0 Å². The van der Waals surface area contributed by atoms with Gasteiger partial charge in [-0.05, 0) is 30.3 Å². The van der Waals surface area contributed by atoms with Crippen LogP contribution in [0.25, 0.3) is 22.8 Å². The first kappa shape index (κ1) is 22.0. The van der Waals surface area contributed by atoms with Gasteiger partial charge in [-0.15, -0.1) is 13.2 Å². The quantitative estimate of drug-likeness (QED) is 0.391. The van der Waals surface area contributed by atoms with Crippen LogP contribution in [0.1, 0.15) is 0 Å². The largest absolute Gasteiger partial charge is 0.573 e. The van der Waals surface area contributed by atoms with Gasteiger partial charge in [-0.25, -0.2) is 9.36 Å². The van der Waals surface area contributed by atoms with Crippen LogP contribution in [0.4, 0.5) is 22.0 Å². The monoisotopic (exact) mass is 464 g/mol. The maximum atomic E-state index is 12.6. The Morgan fingerprint density at radius 3 is 2.33 bits per heavy atom. The van der Waals surface area contributed by atoms with Crippen molar-refractivity contribution in [1.82, 2.24) is 19.6 Å². The van der Waals surface area contributed by atoms with Gasteiger partial charge in [0.05, 0.1) is 23.3 Å². The van der Waals surface area contributed by atoms with E-state index in [2.05, 4.69) is 19.7 Å². The summed E-state index contributed by atoms with van der Waals surface area (Å²) < 4.78 is 73.6. The van der Waals surface area contributed by atoms with E-state index in [4.69, 9.17) is 0 Å². The Kier molecular flexibility index (Phi) is 5.82. The molecular weight excluding hydrogens is 451 g/mol. The molecule has 7 nitrogen and oxygen atoms in total. The molecule has 2 aromatic carbocycles. The third-order valence-corrected chi connectivity index (χ3v) is 4.30. The molecular formula is C21H13F5N4O3. The van der Waals surface area contributed by atoms with Crippen LogP contribution in [0.5, 0.6) is 11.5 Å². The predicted octanol–water partition coefficient (Wildman–Crippen LogP) is 4.59. The summed E-state index contributed by atoms with van der Waals surface area (Å²) in [6.07, 6.45) is -2.18. The number of nitrogens with zero attached hydrogens (tertiary/aromatic N) is 4. The molecule has 0 aliphatic rings. The number of benzene rings is 2. The third kappa shape index (κ3) is 5.17. The minimum Gasteiger partial charge on any atom is -0.435 e. The zero-order valence-corrected chi connectivity index (χ0v) is 16.4. The SMILES string of the molecule is O=c1ccn(-c2cccc(OC(F)F)c2)nc1-c1ccnn1-c1cccc(OC(F)(F)F)c1. The summed E-state index contributed by atoms with van der Waals surface area (Å²) in [7, 11) is 0. The molecule has 4 rings (SSSR count). The van der Waals surface area contributed by atoms with Gasteiger partial charge in [-0.1, -0.05) is 12.1 Å². The molecule has 0 saturated heterocycles. The van der Waals surface area contributed by atoms with E-state index in [1.807, 2.05) is 0 Å². The molecule has 0 radical (unpaired) electrons. The van der Waals surface area contributed by atoms with E-state index in [0.29, 0.717) is 5.69 Å². The van der Waals surface area contributed by atoms with Crippen molar-refractivity contribution in [3.63, 3.8) is 0 Å². The molecule has 0 amide bonds. The third-order valence-electron chi connectivity index (χ3n) is 4.30. The Hall–Kier alpha value is -4.22. The van der Waals surface area contributed by atoms with E-state index in [1.54, 1.807) is 6.07 Å². The van der Waals surface area contributed by atoms with Crippen molar-refractivity contribution in [3.05, 3.63) is 83.3 Å². The van der Waals surface area contributed by atoms with E-state index >= 15 is 0 Å². The van der Waals surface area contributed by atoms with Gasteiger partial charge in [0.1, 0.15) is 11.5 Å². The Morgan fingerprint density at radius 2 is 1.61 bits per heavy atom. The van der Waals surface area contributed by atoms with Crippen LogP contribution in [0, 0.1) is 0 Å². The van der Waals surface area contributed by atoms with Crippen LogP contribution >= 0.6 is 0 Å². The van der Waals surface area contributed by atoms with Crippen LogP contribution in [0.2, 0.25) is 0 Å². The minimum atomic E-state index is -4.87. The zero-order chi connectivity index (χ0) is 23.6. The molecule has 33 heavy (non-hydrogen) atoms. The molecule has 4 aromatic rings. The summed E-state index contributed by atoms with van der Waals surface area (Å²) >= 11 is 0. The number of hydrogen-bond donors (Lipinski definition) is 0. The van der Waals surface area contributed by atoms with E-state index in [0.717, 1.165) is 12.1 Å². The lowest BCUT2D eigenvalue weighted by Crippen LogP contribution is -2.17. The number of halogens is 5. The van der Waals surface area contributed by atoms with Gasteiger partial charge in [0.25, 0.3) is 0 Å². The first-order valence-corrected chi connectivity index (χ1v) is 9.25. The molecule has 0 atom stereocenters. The molecule has 12 heteroatoms. The van der Waals surface area contributed by atoms with Gasteiger partial charge in [0, 0.05) is 24.4 Å². The van der Waals surface area contributed by atoms with Gasteiger partial charge in [-0.3, -0.25) is 4.79 Å². The maximum Gasteiger partial charge on any atom is 0.573 e. The van der Waals surface area contributed by atoms with Crippen LogP contribution in [0.15, 0.2) is 77.9 Å². The molecule has 0 spiro atoms. The van der Waals surface area contributed by atoms with Gasteiger partial charge < -0.3 is 9.47 Å². The molecule has 170 valence electrons. The smallest absolute Gasteiger partial charge is 0.435 e. The van der Waals surface area contributed by atoms with Crippen molar-refractivity contribution in [1.29, 1.82) is 0 Å². The van der Waals surface area contributed by atoms with Crippen molar-refractivity contribution < 1.29 is 31.4 Å². The Labute approximate surface area is 182 Å². The summed E-state index contributed by atoms with van der Waals surface area (Å²) in [6.45, 7) is -3.01. The van der Waals surface area contributed by atoms with E-state index < -0.39 is 24.2 Å². The van der Waals surface area contributed by atoms with Crippen LogP contribution in [-0.4, -0.2) is 32.5 Å².